The number of imidazole rings is 1. The highest BCUT2D eigenvalue weighted by molar-refractivity contribution is 6.30. The summed E-state index contributed by atoms with van der Waals surface area (Å²) in [5.74, 6) is 0.0424. The molecule has 2 heterocycles. The first-order valence-electron chi connectivity index (χ1n) is 9.39. The maximum Gasteiger partial charge on any atom is 0.319 e. The predicted octanol–water partition coefficient (Wildman–Crippen LogP) is 3.58. The van der Waals surface area contributed by atoms with Gasteiger partial charge in [-0.2, -0.15) is 0 Å². The summed E-state index contributed by atoms with van der Waals surface area (Å²) >= 11 is 6.29. The summed E-state index contributed by atoms with van der Waals surface area (Å²) in [6.07, 6.45) is 2.55. The van der Waals surface area contributed by atoms with E-state index in [1.807, 2.05) is 0 Å². The number of nitro groups is 1. The number of para-hydroxylation sites is 2. The molecule has 1 aliphatic rings. The van der Waals surface area contributed by atoms with E-state index >= 15 is 0 Å². The number of aromatic nitrogens is 2. The smallest absolute Gasteiger partial charge is 0.319 e. The van der Waals surface area contributed by atoms with Gasteiger partial charge >= 0.3 is 6.03 Å². The topological polar surface area (TPSA) is 142 Å². The Labute approximate surface area is 177 Å². The molecule has 0 fully saturated rings. The van der Waals surface area contributed by atoms with E-state index in [9.17, 15) is 19.7 Å². The fourth-order valence-electron chi connectivity index (χ4n) is 3.21. The average Bonchev–Trinajstić information content (AvgIpc) is 3.06. The summed E-state index contributed by atoms with van der Waals surface area (Å²) in [6.45, 7) is 3.62. The number of aryl methyl sites for hydroxylation is 1. The molecule has 1 aromatic carbocycles. The van der Waals surface area contributed by atoms with Gasteiger partial charge in [-0.1, -0.05) is 37.1 Å². The van der Waals surface area contributed by atoms with Crippen LogP contribution >= 0.6 is 11.6 Å². The second-order valence-corrected chi connectivity index (χ2v) is 7.15. The fraction of sp³-hybridized carbons (Fsp3) is 0.316. The lowest BCUT2D eigenvalue weighted by Gasteiger charge is -2.27. The Kier molecular flexibility index (Phi) is 6.36. The summed E-state index contributed by atoms with van der Waals surface area (Å²) < 4.78 is 0. The minimum Gasteiger partial charge on any atom is -0.343 e. The van der Waals surface area contributed by atoms with Crippen molar-refractivity contribution in [3.8, 4) is 0 Å². The van der Waals surface area contributed by atoms with E-state index in [0.29, 0.717) is 23.6 Å². The van der Waals surface area contributed by atoms with Gasteiger partial charge in [-0.3, -0.25) is 14.9 Å². The van der Waals surface area contributed by atoms with Gasteiger partial charge in [0.2, 0.25) is 0 Å². The molecule has 0 radical (unpaired) electrons. The lowest BCUT2D eigenvalue weighted by molar-refractivity contribution is -0.383. The van der Waals surface area contributed by atoms with Crippen LogP contribution in [0.25, 0.3) is 0 Å². The van der Waals surface area contributed by atoms with Crippen LogP contribution in [0, 0.1) is 10.1 Å². The normalized spacial score (nSPS) is 16.1. The molecule has 11 heteroatoms. The highest BCUT2D eigenvalue weighted by atomic mass is 35.5. The Hall–Kier alpha value is -3.40. The molecule has 2 aromatic rings. The molecule has 1 unspecified atom stereocenters. The zero-order valence-electron chi connectivity index (χ0n) is 16.4. The summed E-state index contributed by atoms with van der Waals surface area (Å²) in [4.78, 5) is 43.2. The van der Waals surface area contributed by atoms with Crippen molar-refractivity contribution in [3.63, 3.8) is 0 Å². The third-order valence-corrected chi connectivity index (χ3v) is 4.94. The van der Waals surface area contributed by atoms with Crippen molar-refractivity contribution >= 4 is 34.9 Å². The largest absolute Gasteiger partial charge is 0.343 e. The first-order chi connectivity index (χ1) is 14.3. The number of anilines is 1. The van der Waals surface area contributed by atoms with Crippen molar-refractivity contribution < 1.29 is 14.5 Å². The number of unbranched alkanes of at least 4 members (excludes halogenated alkanes) is 1. The molecule has 10 nitrogen and oxygen atoms in total. The van der Waals surface area contributed by atoms with E-state index < -0.39 is 22.9 Å². The number of nitro benzene ring substituents is 1. The van der Waals surface area contributed by atoms with Gasteiger partial charge < -0.3 is 20.9 Å². The Balaban J connectivity index is 1.96. The average molecular weight is 433 g/mol. The van der Waals surface area contributed by atoms with Gasteiger partial charge in [0.1, 0.15) is 17.6 Å². The molecule has 0 aliphatic carbocycles. The Bertz CT molecular complexity index is 1030. The van der Waals surface area contributed by atoms with Gasteiger partial charge in [-0.15, -0.1) is 0 Å². The van der Waals surface area contributed by atoms with E-state index in [1.54, 1.807) is 13.0 Å². The quantitative estimate of drug-likeness (QED) is 0.390. The second-order valence-electron chi connectivity index (χ2n) is 6.79. The van der Waals surface area contributed by atoms with Gasteiger partial charge in [-0.05, 0) is 19.4 Å². The molecular formula is C19H21ClN6O4. The van der Waals surface area contributed by atoms with E-state index in [-0.39, 0.29) is 22.1 Å². The second kappa shape index (κ2) is 8.95. The molecule has 0 spiro atoms. The third-order valence-electron chi connectivity index (χ3n) is 4.65. The van der Waals surface area contributed by atoms with Gasteiger partial charge in [0, 0.05) is 18.2 Å². The lowest BCUT2D eigenvalue weighted by Crippen LogP contribution is -2.46. The van der Waals surface area contributed by atoms with E-state index in [2.05, 4.69) is 32.8 Å². The zero-order valence-corrected chi connectivity index (χ0v) is 17.2. The molecule has 1 aliphatic heterocycles. The Morgan fingerprint density at radius 1 is 1.37 bits per heavy atom. The Morgan fingerprint density at radius 3 is 2.80 bits per heavy atom. The predicted molar refractivity (Wildman–Crippen MR) is 111 cm³/mol. The molecule has 3 amide bonds. The van der Waals surface area contributed by atoms with Crippen molar-refractivity contribution in [1.82, 2.24) is 20.6 Å². The molecule has 1 atom stereocenters. The molecule has 3 rings (SSSR count). The van der Waals surface area contributed by atoms with Crippen LogP contribution in [0.4, 0.5) is 16.2 Å². The lowest BCUT2D eigenvalue weighted by atomic mass is 9.99. The highest BCUT2D eigenvalue weighted by Crippen LogP contribution is 2.32. The van der Waals surface area contributed by atoms with Crippen LogP contribution in [0.5, 0.6) is 0 Å². The number of nitrogens with zero attached hydrogens (tertiary/aromatic N) is 2. The summed E-state index contributed by atoms with van der Waals surface area (Å²) in [6, 6.07) is 4.42. The van der Waals surface area contributed by atoms with Crippen LogP contribution in [0.3, 0.4) is 0 Å². The van der Waals surface area contributed by atoms with Crippen LogP contribution in [-0.4, -0.2) is 26.8 Å². The molecule has 0 saturated heterocycles. The van der Waals surface area contributed by atoms with Gasteiger partial charge in [0.25, 0.3) is 11.6 Å². The highest BCUT2D eigenvalue weighted by Gasteiger charge is 2.34. The molecule has 0 saturated carbocycles. The fourth-order valence-corrected chi connectivity index (χ4v) is 3.47. The number of nitrogens with one attached hydrogen (secondary N) is 4. The van der Waals surface area contributed by atoms with Crippen LogP contribution in [0.1, 0.15) is 44.2 Å². The maximum atomic E-state index is 13.1. The summed E-state index contributed by atoms with van der Waals surface area (Å²) in [5, 5.41) is 19.2. The van der Waals surface area contributed by atoms with Crippen molar-refractivity contribution in [2.45, 2.75) is 39.2 Å². The summed E-state index contributed by atoms with van der Waals surface area (Å²) in [5.41, 5.74) is 0.656. The number of hydrogen-bond donors (Lipinski definition) is 4. The molecule has 4 N–H and O–H groups in total. The molecule has 1 aromatic heterocycles. The van der Waals surface area contributed by atoms with Crippen molar-refractivity contribution in [3.05, 3.63) is 62.3 Å². The number of rotatable bonds is 7. The number of benzene rings is 1. The number of aromatic amines is 1. The van der Waals surface area contributed by atoms with Crippen LogP contribution < -0.4 is 16.0 Å². The number of H-pyrrole nitrogens is 1. The molecule has 0 bridgehead atoms. The van der Waals surface area contributed by atoms with Crippen LogP contribution in [-0.2, 0) is 11.2 Å². The molecule has 158 valence electrons. The van der Waals surface area contributed by atoms with Crippen molar-refractivity contribution in [2.24, 2.45) is 0 Å². The monoisotopic (exact) mass is 432 g/mol. The van der Waals surface area contributed by atoms with E-state index in [4.69, 9.17) is 11.6 Å². The van der Waals surface area contributed by atoms with Crippen molar-refractivity contribution in [1.29, 1.82) is 0 Å². The number of carbonyl (C=O) groups is 2. The van der Waals surface area contributed by atoms with Crippen LogP contribution in [0.2, 0.25) is 5.15 Å². The number of hydrogen-bond acceptors (Lipinski definition) is 5. The Morgan fingerprint density at radius 2 is 2.10 bits per heavy atom. The SMILES string of the molecule is CCCCc1nc(Cl)c(C2NC(=O)NC(C)=C2C(=O)Nc2ccccc2[N+](=O)[O-])[nH]1. The number of halogens is 1. The third kappa shape index (κ3) is 4.43. The minimum absolute atomic E-state index is 0.0443. The number of allylic oxidation sites excluding steroid dienone is 1. The zero-order chi connectivity index (χ0) is 21.8. The summed E-state index contributed by atoms with van der Waals surface area (Å²) in [7, 11) is 0. The van der Waals surface area contributed by atoms with E-state index in [1.165, 1.54) is 18.2 Å². The van der Waals surface area contributed by atoms with Crippen molar-refractivity contribution in [2.75, 3.05) is 5.32 Å². The van der Waals surface area contributed by atoms with E-state index in [0.717, 1.165) is 12.8 Å². The molecular weight excluding hydrogens is 412 g/mol. The number of urea groups is 1. The standard InChI is InChI=1S/C19H21ClN6O4/c1-3-4-9-13-23-16(17(20)24-13)15-14(10(2)21-19(28)25-15)18(27)22-11-7-5-6-8-12(11)26(29)30/h5-8,15H,3-4,9H2,1-2H3,(H,22,27)(H,23,24)(H2,21,25,28). The first kappa shape index (κ1) is 21.3. The maximum absolute atomic E-state index is 13.1. The number of amides is 3. The first-order valence-corrected chi connectivity index (χ1v) is 9.77. The molecule has 30 heavy (non-hydrogen) atoms. The van der Waals surface area contributed by atoms with Crippen LogP contribution in [0.15, 0.2) is 35.5 Å². The van der Waals surface area contributed by atoms with Gasteiger partial charge in [0.15, 0.2) is 5.15 Å². The van der Waals surface area contributed by atoms with Gasteiger partial charge in [-0.25, -0.2) is 9.78 Å². The van der Waals surface area contributed by atoms with Gasteiger partial charge in [0.05, 0.1) is 16.2 Å². The number of carbonyl (C=O) groups excluding carboxylic acids is 2. The minimum atomic E-state index is -0.892.